The Morgan fingerprint density at radius 3 is 1.46 bits per heavy atom. The third kappa shape index (κ3) is 35.1. The summed E-state index contributed by atoms with van der Waals surface area (Å²) in [6.07, 6.45) is 10.9. The van der Waals surface area contributed by atoms with Gasteiger partial charge in [-0.1, -0.05) is 94.9 Å². The minimum Gasteiger partial charge on any atom is -0.397 e. The van der Waals surface area contributed by atoms with Crippen molar-refractivity contribution in [2.24, 2.45) is 11.8 Å². The Hall–Kier alpha value is -0.120. The van der Waals surface area contributed by atoms with Gasteiger partial charge in [-0.15, -0.1) is 0 Å². The number of aliphatic hydroxyl groups excluding tert-OH is 2. The maximum Gasteiger partial charge on any atom is 0.0575 e. The highest BCUT2D eigenvalue weighted by Crippen LogP contribution is 2.20. The molecule has 0 heterocycles. The Labute approximate surface area is 167 Å². The molecule has 2 unspecified atom stereocenters. The molecule has 3 nitrogen and oxygen atoms in total. The first-order valence-electron chi connectivity index (χ1n) is 10.3. The SMILES string of the molecule is C.C.CCC.CCC(C)CO.CCC(C)COC1CCCCC1.CCO. The summed E-state index contributed by atoms with van der Waals surface area (Å²) >= 11 is 0. The van der Waals surface area contributed by atoms with Gasteiger partial charge in [-0.2, -0.15) is 0 Å². The molecule has 0 bridgehead atoms. The maximum atomic E-state index is 8.33. The number of ether oxygens (including phenoxy) is 1. The van der Waals surface area contributed by atoms with Crippen molar-refractivity contribution in [3.05, 3.63) is 0 Å². The zero-order valence-electron chi connectivity index (χ0n) is 17.8. The summed E-state index contributed by atoms with van der Waals surface area (Å²) in [5.41, 5.74) is 0. The molecule has 0 aromatic rings. The van der Waals surface area contributed by atoms with E-state index < -0.39 is 0 Å². The Morgan fingerprint density at radius 1 is 0.808 bits per heavy atom. The quantitative estimate of drug-likeness (QED) is 0.517. The van der Waals surface area contributed by atoms with E-state index in [4.69, 9.17) is 14.9 Å². The zero-order chi connectivity index (χ0) is 19.2. The average Bonchev–Trinajstić information content (AvgIpc) is 2.61. The highest BCUT2D eigenvalue weighted by Gasteiger charge is 2.14. The number of aliphatic hydroxyl groups is 2. The zero-order valence-corrected chi connectivity index (χ0v) is 17.8. The van der Waals surface area contributed by atoms with Crippen molar-refractivity contribution in [1.29, 1.82) is 0 Å². The van der Waals surface area contributed by atoms with Gasteiger partial charge in [0, 0.05) is 19.8 Å². The maximum absolute atomic E-state index is 8.33. The molecule has 0 aliphatic heterocycles. The fourth-order valence-electron chi connectivity index (χ4n) is 1.78. The minimum absolute atomic E-state index is 0. The molecular formula is C23H56O3. The molecule has 0 amide bonds. The summed E-state index contributed by atoms with van der Waals surface area (Å²) in [5.74, 6) is 1.23. The summed E-state index contributed by atoms with van der Waals surface area (Å²) in [7, 11) is 0. The van der Waals surface area contributed by atoms with Gasteiger partial charge in [0.25, 0.3) is 0 Å². The van der Waals surface area contributed by atoms with E-state index in [0.29, 0.717) is 18.6 Å². The van der Waals surface area contributed by atoms with E-state index in [-0.39, 0.29) is 21.5 Å². The van der Waals surface area contributed by atoms with Crippen LogP contribution in [0.2, 0.25) is 0 Å². The van der Waals surface area contributed by atoms with Gasteiger partial charge >= 0.3 is 0 Å². The lowest BCUT2D eigenvalue weighted by Gasteiger charge is -2.23. The van der Waals surface area contributed by atoms with Gasteiger partial charge in [0.2, 0.25) is 0 Å². The van der Waals surface area contributed by atoms with Crippen LogP contribution in [0.4, 0.5) is 0 Å². The van der Waals surface area contributed by atoms with Gasteiger partial charge in [-0.3, -0.25) is 0 Å². The van der Waals surface area contributed by atoms with Crippen LogP contribution in [-0.2, 0) is 4.74 Å². The van der Waals surface area contributed by atoms with Gasteiger partial charge < -0.3 is 14.9 Å². The largest absolute Gasteiger partial charge is 0.397 e. The lowest BCUT2D eigenvalue weighted by molar-refractivity contribution is 0.0103. The van der Waals surface area contributed by atoms with Crippen LogP contribution in [0.3, 0.4) is 0 Å². The van der Waals surface area contributed by atoms with Gasteiger partial charge in [0.05, 0.1) is 6.10 Å². The monoisotopic (exact) mass is 380 g/mol. The first kappa shape index (κ1) is 36.7. The predicted molar refractivity (Wildman–Crippen MR) is 121 cm³/mol. The molecule has 26 heavy (non-hydrogen) atoms. The van der Waals surface area contributed by atoms with Crippen LogP contribution in [0.15, 0.2) is 0 Å². The first-order chi connectivity index (χ1) is 11.5. The molecular weight excluding hydrogens is 324 g/mol. The van der Waals surface area contributed by atoms with E-state index in [9.17, 15) is 0 Å². The van der Waals surface area contributed by atoms with E-state index in [0.717, 1.165) is 18.9 Å². The molecule has 0 saturated heterocycles. The summed E-state index contributed by atoms with van der Waals surface area (Å²) in [4.78, 5) is 0. The normalized spacial score (nSPS) is 15.1. The van der Waals surface area contributed by atoms with E-state index in [1.807, 2.05) is 6.92 Å². The lowest BCUT2D eigenvalue weighted by atomic mass is 9.97. The Bertz CT molecular complexity index is 186. The lowest BCUT2D eigenvalue weighted by Crippen LogP contribution is -2.19. The molecule has 2 N–H and O–H groups in total. The van der Waals surface area contributed by atoms with Crippen molar-refractivity contribution >= 4 is 0 Å². The van der Waals surface area contributed by atoms with E-state index >= 15 is 0 Å². The Kier molecular flexibility index (Phi) is 46.0. The average molecular weight is 381 g/mol. The molecule has 3 heteroatoms. The predicted octanol–water partition coefficient (Wildman–Crippen LogP) is 7.09. The second-order valence-corrected chi connectivity index (χ2v) is 6.83. The van der Waals surface area contributed by atoms with Crippen molar-refractivity contribution in [3.63, 3.8) is 0 Å². The smallest absolute Gasteiger partial charge is 0.0575 e. The molecule has 1 aliphatic rings. The second kappa shape index (κ2) is 32.5. The number of hydrogen-bond acceptors (Lipinski definition) is 3. The van der Waals surface area contributed by atoms with Crippen molar-refractivity contribution in [1.82, 2.24) is 0 Å². The molecule has 0 aromatic carbocycles. The van der Waals surface area contributed by atoms with Gasteiger partial charge in [-0.25, -0.2) is 0 Å². The molecule has 1 fully saturated rings. The summed E-state index contributed by atoms with van der Waals surface area (Å²) in [6, 6.07) is 0. The molecule has 2 atom stereocenters. The highest BCUT2D eigenvalue weighted by atomic mass is 16.5. The number of hydrogen-bond donors (Lipinski definition) is 2. The van der Waals surface area contributed by atoms with Crippen molar-refractivity contribution in [3.8, 4) is 0 Å². The molecule has 1 saturated carbocycles. The minimum atomic E-state index is 0. The van der Waals surface area contributed by atoms with Crippen LogP contribution in [0.1, 0.15) is 115 Å². The van der Waals surface area contributed by atoms with Crippen molar-refractivity contribution in [2.45, 2.75) is 121 Å². The first-order valence-corrected chi connectivity index (χ1v) is 10.3. The summed E-state index contributed by atoms with van der Waals surface area (Å²) in [5, 5.41) is 15.9. The molecule has 1 rings (SSSR count). The number of rotatable bonds is 6. The van der Waals surface area contributed by atoms with E-state index in [1.54, 1.807) is 6.92 Å². The van der Waals surface area contributed by atoms with Crippen LogP contribution in [-0.4, -0.2) is 36.1 Å². The van der Waals surface area contributed by atoms with Crippen molar-refractivity contribution in [2.75, 3.05) is 19.8 Å². The van der Waals surface area contributed by atoms with Crippen molar-refractivity contribution < 1.29 is 14.9 Å². The van der Waals surface area contributed by atoms with Gasteiger partial charge in [0.1, 0.15) is 0 Å². The highest BCUT2D eigenvalue weighted by molar-refractivity contribution is 4.65. The molecule has 166 valence electrons. The second-order valence-electron chi connectivity index (χ2n) is 6.83. The van der Waals surface area contributed by atoms with Gasteiger partial charge in [-0.05, 0) is 31.6 Å². The van der Waals surface area contributed by atoms with E-state index in [1.165, 1.54) is 44.9 Å². The van der Waals surface area contributed by atoms with Crippen LogP contribution < -0.4 is 0 Å². The fraction of sp³-hybridized carbons (Fsp3) is 1.00. The van der Waals surface area contributed by atoms with Gasteiger partial charge in [0.15, 0.2) is 0 Å². The topological polar surface area (TPSA) is 49.7 Å². The third-order valence-electron chi connectivity index (χ3n) is 3.87. The molecule has 0 spiro atoms. The third-order valence-corrected chi connectivity index (χ3v) is 3.87. The molecule has 0 aromatic heterocycles. The van der Waals surface area contributed by atoms with Crippen LogP contribution in [0.25, 0.3) is 0 Å². The fourth-order valence-corrected chi connectivity index (χ4v) is 1.78. The standard InChI is InChI=1S/C11H22O.C5H12O.C3H8.C2H6O.2CH4/c1-3-10(2)9-12-11-7-5-4-6-8-11;1-3-5(2)4-6;1-3-2;1-2-3;;/h10-11H,3-9H2,1-2H3;5-6H,3-4H2,1-2H3;3H2,1-2H3;3H,2H2,1H3;2*1H4. The Morgan fingerprint density at radius 2 is 1.19 bits per heavy atom. The molecule has 1 aliphatic carbocycles. The van der Waals surface area contributed by atoms with Crippen LogP contribution in [0, 0.1) is 11.8 Å². The molecule has 0 radical (unpaired) electrons. The van der Waals surface area contributed by atoms with Crippen LogP contribution in [0.5, 0.6) is 0 Å². The summed E-state index contributed by atoms with van der Waals surface area (Å²) in [6.45, 7) is 16.1. The summed E-state index contributed by atoms with van der Waals surface area (Å²) < 4.78 is 5.84. The van der Waals surface area contributed by atoms with Crippen LogP contribution >= 0.6 is 0 Å². The Balaban J connectivity index is -0.0000000897. The van der Waals surface area contributed by atoms with E-state index in [2.05, 4.69) is 34.6 Å².